The molecule has 1 saturated heterocycles. The van der Waals surface area contributed by atoms with E-state index in [0.29, 0.717) is 25.2 Å². The van der Waals surface area contributed by atoms with E-state index in [4.69, 9.17) is 4.74 Å². The maximum atomic E-state index is 12.5. The van der Waals surface area contributed by atoms with Crippen molar-refractivity contribution in [1.82, 2.24) is 10.6 Å². The first-order valence-electron chi connectivity index (χ1n) is 8.84. The quantitative estimate of drug-likeness (QED) is 0.740. The summed E-state index contributed by atoms with van der Waals surface area (Å²) >= 11 is 0. The summed E-state index contributed by atoms with van der Waals surface area (Å²) in [5.74, 6) is 0.809. The van der Waals surface area contributed by atoms with Gasteiger partial charge in [0, 0.05) is 12.1 Å². The van der Waals surface area contributed by atoms with E-state index in [2.05, 4.69) is 24.5 Å². The van der Waals surface area contributed by atoms with Crippen molar-refractivity contribution in [3.05, 3.63) is 0 Å². The minimum Gasteiger partial charge on any atom is -0.379 e. The molecule has 122 valence electrons. The van der Waals surface area contributed by atoms with Crippen LogP contribution in [0.4, 0.5) is 0 Å². The molecule has 1 saturated carbocycles. The van der Waals surface area contributed by atoms with E-state index >= 15 is 0 Å². The van der Waals surface area contributed by atoms with Gasteiger partial charge in [0.25, 0.3) is 0 Å². The molecular formula is C17H32N2O2. The van der Waals surface area contributed by atoms with Gasteiger partial charge in [-0.25, -0.2) is 0 Å². The van der Waals surface area contributed by atoms with E-state index in [0.717, 1.165) is 13.0 Å². The zero-order valence-corrected chi connectivity index (χ0v) is 13.7. The van der Waals surface area contributed by atoms with Crippen molar-refractivity contribution in [1.29, 1.82) is 0 Å². The average Bonchev–Trinajstić information content (AvgIpc) is 2.77. The molecule has 0 spiro atoms. The first kappa shape index (κ1) is 16.8. The Morgan fingerprint density at radius 1 is 1.19 bits per heavy atom. The number of carbonyl (C=O) groups is 1. The molecule has 2 N–H and O–H groups in total. The van der Waals surface area contributed by atoms with Crippen LogP contribution in [0.3, 0.4) is 0 Å². The molecular weight excluding hydrogens is 264 g/mol. The first-order chi connectivity index (χ1) is 10.2. The molecule has 21 heavy (non-hydrogen) atoms. The Morgan fingerprint density at radius 3 is 2.57 bits per heavy atom. The summed E-state index contributed by atoms with van der Waals surface area (Å²) in [6.45, 7) is 6.50. The molecule has 4 heteroatoms. The monoisotopic (exact) mass is 296 g/mol. The van der Waals surface area contributed by atoms with E-state index in [1.54, 1.807) is 0 Å². The van der Waals surface area contributed by atoms with Crippen molar-refractivity contribution < 1.29 is 9.53 Å². The van der Waals surface area contributed by atoms with Gasteiger partial charge in [0.15, 0.2) is 0 Å². The van der Waals surface area contributed by atoms with E-state index in [-0.39, 0.29) is 17.9 Å². The van der Waals surface area contributed by atoms with Crippen LogP contribution in [-0.4, -0.2) is 37.7 Å². The summed E-state index contributed by atoms with van der Waals surface area (Å²) in [7, 11) is 0. The molecule has 2 rings (SSSR count). The second-order valence-corrected chi connectivity index (χ2v) is 6.75. The fourth-order valence-electron chi connectivity index (χ4n) is 3.60. The SMILES string of the molecule is CCCNC1COCC1C(=O)N[C@@H](C)C1CCCCCC1. The molecule has 1 heterocycles. The van der Waals surface area contributed by atoms with Gasteiger partial charge in [-0.05, 0) is 38.6 Å². The Balaban J connectivity index is 1.81. The van der Waals surface area contributed by atoms with Gasteiger partial charge < -0.3 is 15.4 Å². The van der Waals surface area contributed by atoms with Gasteiger partial charge in [-0.3, -0.25) is 4.79 Å². The Bertz CT molecular complexity index is 314. The van der Waals surface area contributed by atoms with Gasteiger partial charge in [0.1, 0.15) is 0 Å². The van der Waals surface area contributed by atoms with Gasteiger partial charge in [0.05, 0.1) is 19.1 Å². The number of hydrogen-bond donors (Lipinski definition) is 2. The van der Waals surface area contributed by atoms with Crippen LogP contribution in [-0.2, 0) is 9.53 Å². The van der Waals surface area contributed by atoms with Crippen molar-refractivity contribution in [3.63, 3.8) is 0 Å². The number of ether oxygens (including phenoxy) is 1. The van der Waals surface area contributed by atoms with Crippen molar-refractivity contribution in [2.24, 2.45) is 11.8 Å². The van der Waals surface area contributed by atoms with E-state index in [1.165, 1.54) is 38.5 Å². The number of carbonyl (C=O) groups excluding carboxylic acids is 1. The van der Waals surface area contributed by atoms with Gasteiger partial charge in [-0.1, -0.05) is 32.6 Å². The van der Waals surface area contributed by atoms with Crippen molar-refractivity contribution in [3.8, 4) is 0 Å². The molecule has 2 unspecified atom stereocenters. The topological polar surface area (TPSA) is 50.4 Å². The molecule has 0 aromatic rings. The minimum atomic E-state index is -0.0234. The molecule has 4 nitrogen and oxygen atoms in total. The third-order valence-electron chi connectivity index (χ3n) is 5.05. The summed E-state index contributed by atoms with van der Waals surface area (Å²) in [6.07, 6.45) is 8.97. The van der Waals surface area contributed by atoms with Crippen LogP contribution in [0.5, 0.6) is 0 Å². The van der Waals surface area contributed by atoms with Gasteiger partial charge >= 0.3 is 0 Å². The van der Waals surface area contributed by atoms with Gasteiger partial charge in [-0.2, -0.15) is 0 Å². The van der Waals surface area contributed by atoms with Crippen LogP contribution in [0.1, 0.15) is 58.8 Å². The molecule has 2 fully saturated rings. The van der Waals surface area contributed by atoms with Crippen LogP contribution < -0.4 is 10.6 Å². The van der Waals surface area contributed by atoms with Crippen LogP contribution in [0.2, 0.25) is 0 Å². The lowest BCUT2D eigenvalue weighted by Gasteiger charge is -2.26. The molecule has 0 aromatic carbocycles. The molecule has 3 atom stereocenters. The van der Waals surface area contributed by atoms with Crippen LogP contribution in [0.25, 0.3) is 0 Å². The van der Waals surface area contributed by atoms with Crippen molar-refractivity contribution >= 4 is 5.91 Å². The van der Waals surface area contributed by atoms with Crippen LogP contribution in [0, 0.1) is 11.8 Å². The van der Waals surface area contributed by atoms with E-state index < -0.39 is 0 Å². The molecule has 0 bridgehead atoms. The Labute approximate surface area is 129 Å². The van der Waals surface area contributed by atoms with Crippen LogP contribution >= 0.6 is 0 Å². The molecule has 1 amide bonds. The Morgan fingerprint density at radius 2 is 1.90 bits per heavy atom. The summed E-state index contributed by atoms with van der Waals surface area (Å²) < 4.78 is 5.51. The fraction of sp³-hybridized carbons (Fsp3) is 0.941. The Hall–Kier alpha value is -0.610. The second-order valence-electron chi connectivity index (χ2n) is 6.75. The highest BCUT2D eigenvalue weighted by molar-refractivity contribution is 5.80. The number of rotatable bonds is 6. The third kappa shape index (κ3) is 4.96. The molecule has 1 aliphatic heterocycles. The largest absolute Gasteiger partial charge is 0.379 e. The van der Waals surface area contributed by atoms with Gasteiger partial charge in [0.2, 0.25) is 5.91 Å². The van der Waals surface area contributed by atoms with Crippen molar-refractivity contribution in [2.75, 3.05) is 19.8 Å². The fourth-order valence-corrected chi connectivity index (χ4v) is 3.60. The van der Waals surface area contributed by atoms with Crippen molar-refractivity contribution in [2.45, 2.75) is 70.9 Å². The normalized spacial score (nSPS) is 29.0. The third-order valence-corrected chi connectivity index (χ3v) is 5.05. The summed E-state index contributed by atoms with van der Waals surface area (Å²) in [4.78, 5) is 12.5. The summed E-state index contributed by atoms with van der Waals surface area (Å²) in [5.41, 5.74) is 0. The maximum Gasteiger partial charge on any atom is 0.227 e. The van der Waals surface area contributed by atoms with Crippen LogP contribution in [0.15, 0.2) is 0 Å². The number of hydrogen-bond acceptors (Lipinski definition) is 3. The highest BCUT2D eigenvalue weighted by Gasteiger charge is 2.34. The summed E-state index contributed by atoms with van der Waals surface area (Å²) in [6, 6.07) is 0.481. The average molecular weight is 296 g/mol. The second kappa shape index (κ2) is 8.74. The standard InChI is InChI=1S/C17H32N2O2/c1-3-10-18-16-12-21-11-15(16)17(20)19-13(2)14-8-6-4-5-7-9-14/h13-16,18H,3-12H2,1-2H3,(H,19,20)/t13-,15?,16?/m0/s1. The molecule has 0 aromatic heterocycles. The lowest BCUT2D eigenvalue weighted by molar-refractivity contribution is -0.126. The van der Waals surface area contributed by atoms with E-state index in [1.807, 2.05) is 0 Å². The lowest BCUT2D eigenvalue weighted by atomic mass is 9.92. The minimum absolute atomic E-state index is 0.0234. The zero-order chi connectivity index (χ0) is 15.1. The van der Waals surface area contributed by atoms with Gasteiger partial charge in [-0.15, -0.1) is 0 Å². The number of nitrogens with one attached hydrogen (secondary N) is 2. The molecule has 2 aliphatic rings. The summed E-state index contributed by atoms with van der Waals surface area (Å²) in [5, 5.41) is 6.71. The first-order valence-corrected chi connectivity index (χ1v) is 8.84. The predicted molar refractivity (Wildman–Crippen MR) is 85.2 cm³/mol. The number of amides is 1. The Kier molecular flexibility index (Phi) is 6.97. The maximum absolute atomic E-state index is 12.5. The zero-order valence-electron chi connectivity index (χ0n) is 13.7. The molecule has 0 radical (unpaired) electrons. The highest BCUT2D eigenvalue weighted by Crippen LogP contribution is 2.26. The highest BCUT2D eigenvalue weighted by atomic mass is 16.5. The smallest absolute Gasteiger partial charge is 0.227 e. The predicted octanol–water partition coefficient (Wildman–Crippen LogP) is 2.48. The molecule has 1 aliphatic carbocycles. The lowest BCUT2D eigenvalue weighted by Crippen LogP contribution is -2.48. The van der Waals surface area contributed by atoms with E-state index in [9.17, 15) is 4.79 Å².